The first-order valence-corrected chi connectivity index (χ1v) is 7.34. The molecule has 1 aromatic rings. The summed E-state index contributed by atoms with van der Waals surface area (Å²) >= 11 is 1.56. The van der Waals surface area contributed by atoms with E-state index in [4.69, 9.17) is 4.74 Å². The molecule has 5 heteroatoms. The molecule has 0 aliphatic heterocycles. The normalized spacial score (nSPS) is 12.2. The first kappa shape index (κ1) is 16.0. The van der Waals surface area contributed by atoms with Crippen LogP contribution in [0.1, 0.15) is 11.1 Å². The van der Waals surface area contributed by atoms with E-state index in [1.807, 2.05) is 6.07 Å². The van der Waals surface area contributed by atoms with Crippen LogP contribution in [0.15, 0.2) is 24.3 Å². The summed E-state index contributed by atoms with van der Waals surface area (Å²) in [6.07, 6.45) is -0.643. The molecule has 0 aromatic heterocycles. The number of amides is 1. The maximum atomic E-state index is 11.5. The van der Waals surface area contributed by atoms with Crippen molar-refractivity contribution in [1.82, 2.24) is 5.32 Å². The van der Waals surface area contributed by atoms with Crippen molar-refractivity contribution in [3.05, 3.63) is 35.4 Å². The largest absolute Gasteiger partial charge is 0.389 e. The number of rotatable bonds is 8. The molecule has 2 N–H and O–H groups in total. The Labute approximate surface area is 118 Å². The number of carbonyl (C=O) groups excluding carboxylic acids is 1. The zero-order chi connectivity index (χ0) is 14.1. The first-order chi connectivity index (χ1) is 9.11. The summed E-state index contributed by atoms with van der Waals surface area (Å²) in [6, 6.07) is 8.25. The molecule has 1 rings (SSSR count). The van der Waals surface area contributed by atoms with Crippen molar-refractivity contribution in [2.45, 2.75) is 18.8 Å². The van der Waals surface area contributed by atoms with Gasteiger partial charge < -0.3 is 15.2 Å². The Balaban J connectivity index is 2.17. The van der Waals surface area contributed by atoms with Gasteiger partial charge in [-0.1, -0.05) is 29.8 Å². The third-order valence-electron chi connectivity index (χ3n) is 2.48. The number of nitrogens with one attached hydrogen (secondary N) is 1. The highest BCUT2D eigenvalue weighted by molar-refractivity contribution is 7.99. The van der Waals surface area contributed by atoms with Gasteiger partial charge in [0.05, 0.1) is 18.5 Å². The molecule has 0 bridgehead atoms. The van der Waals surface area contributed by atoms with E-state index in [9.17, 15) is 9.90 Å². The lowest BCUT2D eigenvalue weighted by Gasteiger charge is -2.10. The molecule has 0 heterocycles. The van der Waals surface area contributed by atoms with Crippen LogP contribution in [-0.2, 0) is 15.3 Å². The van der Waals surface area contributed by atoms with Crippen molar-refractivity contribution < 1.29 is 14.6 Å². The number of hydrogen-bond donors (Lipinski definition) is 2. The smallest absolute Gasteiger partial charge is 0.230 e. The average molecular weight is 283 g/mol. The van der Waals surface area contributed by atoms with E-state index in [1.165, 1.54) is 18.2 Å². The topological polar surface area (TPSA) is 58.6 Å². The number of aliphatic hydroxyl groups excluding tert-OH is 1. The number of thioether (sulfide) groups is 1. The van der Waals surface area contributed by atoms with E-state index in [2.05, 4.69) is 30.4 Å². The van der Waals surface area contributed by atoms with Gasteiger partial charge in [0.2, 0.25) is 5.91 Å². The van der Waals surface area contributed by atoms with E-state index < -0.39 is 6.10 Å². The number of aryl methyl sites for hydroxylation is 1. The standard InChI is InChI=1S/C14H21NO3S/c1-11-4-3-5-12(6-11)9-19-10-14(17)15-7-13(16)8-18-2/h3-6,13,16H,7-10H2,1-2H3,(H,15,17). The van der Waals surface area contributed by atoms with Gasteiger partial charge in [-0.15, -0.1) is 11.8 Å². The number of hydrogen-bond acceptors (Lipinski definition) is 4. The minimum absolute atomic E-state index is 0.0622. The second-order valence-corrected chi connectivity index (χ2v) is 5.38. The van der Waals surface area contributed by atoms with Gasteiger partial charge in [-0.25, -0.2) is 0 Å². The molecule has 1 unspecified atom stereocenters. The molecule has 1 aromatic carbocycles. The molecule has 106 valence electrons. The lowest BCUT2D eigenvalue weighted by molar-refractivity contribution is -0.119. The summed E-state index contributed by atoms with van der Waals surface area (Å²) in [6.45, 7) is 2.52. The van der Waals surface area contributed by atoms with E-state index in [0.29, 0.717) is 5.75 Å². The molecule has 0 saturated heterocycles. The van der Waals surface area contributed by atoms with E-state index >= 15 is 0 Å². The van der Waals surface area contributed by atoms with Gasteiger partial charge in [0, 0.05) is 19.4 Å². The number of ether oxygens (including phenoxy) is 1. The van der Waals surface area contributed by atoms with Gasteiger partial charge >= 0.3 is 0 Å². The van der Waals surface area contributed by atoms with E-state index in [0.717, 1.165) is 5.75 Å². The summed E-state index contributed by atoms with van der Waals surface area (Å²) in [4.78, 5) is 11.5. The van der Waals surface area contributed by atoms with Crippen LogP contribution in [0.2, 0.25) is 0 Å². The molecule has 1 amide bonds. The second-order valence-electron chi connectivity index (χ2n) is 4.40. The fourth-order valence-electron chi connectivity index (χ4n) is 1.60. The Bertz CT molecular complexity index is 398. The minimum Gasteiger partial charge on any atom is -0.389 e. The van der Waals surface area contributed by atoms with Crippen molar-refractivity contribution in [3.8, 4) is 0 Å². The summed E-state index contributed by atoms with van der Waals surface area (Å²) in [7, 11) is 1.52. The Morgan fingerprint density at radius 2 is 2.32 bits per heavy atom. The predicted octanol–water partition coefficient (Wildman–Crippen LogP) is 1.35. The molecule has 0 aliphatic rings. The molecule has 0 saturated carbocycles. The fraction of sp³-hybridized carbons (Fsp3) is 0.500. The molecule has 0 radical (unpaired) electrons. The quantitative estimate of drug-likeness (QED) is 0.756. The van der Waals surface area contributed by atoms with Gasteiger partial charge in [0.1, 0.15) is 0 Å². The third kappa shape index (κ3) is 7.20. The zero-order valence-corrected chi connectivity index (χ0v) is 12.2. The van der Waals surface area contributed by atoms with Crippen LogP contribution in [0.5, 0.6) is 0 Å². The van der Waals surface area contributed by atoms with Gasteiger partial charge in [-0.05, 0) is 12.5 Å². The van der Waals surface area contributed by atoms with Crippen LogP contribution < -0.4 is 5.32 Å². The molecule has 1 atom stereocenters. The number of methoxy groups -OCH3 is 1. The molecule has 4 nitrogen and oxygen atoms in total. The number of aliphatic hydroxyl groups is 1. The lowest BCUT2D eigenvalue weighted by atomic mass is 10.2. The van der Waals surface area contributed by atoms with Crippen molar-refractivity contribution >= 4 is 17.7 Å². The highest BCUT2D eigenvalue weighted by Gasteiger charge is 2.06. The molecular weight excluding hydrogens is 262 g/mol. The van der Waals surface area contributed by atoms with Gasteiger partial charge in [0.15, 0.2) is 0 Å². The SMILES string of the molecule is COCC(O)CNC(=O)CSCc1cccc(C)c1. The maximum Gasteiger partial charge on any atom is 0.230 e. The van der Waals surface area contributed by atoms with Gasteiger partial charge in [-0.3, -0.25) is 4.79 Å². The van der Waals surface area contributed by atoms with Crippen molar-refractivity contribution in [2.75, 3.05) is 26.0 Å². The van der Waals surface area contributed by atoms with Crippen LogP contribution in [0.3, 0.4) is 0 Å². The Kier molecular flexibility index (Phi) is 7.55. The highest BCUT2D eigenvalue weighted by Crippen LogP contribution is 2.13. The minimum atomic E-state index is -0.643. The number of carbonyl (C=O) groups is 1. The van der Waals surface area contributed by atoms with Crippen molar-refractivity contribution in [2.24, 2.45) is 0 Å². The average Bonchev–Trinajstić information content (AvgIpc) is 2.37. The highest BCUT2D eigenvalue weighted by atomic mass is 32.2. The van der Waals surface area contributed by atoms with Crippen molar-refractivity contribution in [3.63, 3.8) is 0 Å². The van der Waals surface area contributed by atoms with Crippen LogP contribution in [-0.4, -0.2) is 43.1 Å². The van der Waals surface area contributed by atoms with Crippen LogP contribution in [0.25, 0.3) is 0 Å². The summed E-state index contributed by atoms with van der Waals surface area (Å²) in [5, 5.41) is 12.1. The fourth-order valence-corrected chi connectivity index (χ4v) is 2.40. The summed E-state index contributed by atoms with van der Waals surface area (Å²) in [5.74, 6) is 1.15. The molecule has 0 fully saturated rings. The van der Waals surface area contributed by atoms with Gasteiger partial charge in [-0.2, -0.15) is 0 Å². The lowest BCUT2D eigenvalue weighted by Crippen LogP contribution is -2.35. The predicted molar refractivity (Wildman–Crippen MR) is 78.2 cm³/mol. The Morgan fingerprint density at radius 3 is 3.00 bits per heavy atom. The maximum absolute atomic E-state index is 11.5. The van der Waals surface area contributed by atoms with E-state index in [1.54, 1.807) is 11.8 Å². The molecule has 19 heavy (non-hydrogen) atoms. The molecular formula is C14H21NO3S. The Hall–Kier alpha value is -1.04. The second kappa shape index (κ2) is 8.96. The van der Waals surface area contributed by atoms with Crippen LogP contribution in [0, 0.1) is 6.92 Å². The van der Waals surface area contributed by atoms with Gasteiger partial charge in [0.25, 0.3) is 0 Å². The van der Waals surface area contributed by atoms with Crippen LogP contribution in [0.4, 0.5) is 0 Å². The zero-order valence-electron chi connectivity index (χ0n) is 11.4. The summed E-state index contributed by atoms with van der Waals surface area (Å²) in [5.41, 5.74) is 2.45. The van der Waals surface area contributed by atoms with E-state index in [-0.39, 0.29) is 19.1 Å². The summed E-state index contributed by atoms with van der Waals surface area (Å²) < 4.78 is 4.78. The molecule has 0 aliphatic carbocycles. The third-order valence-corrected chi connectivity index (χ3v) is 3.48. The molecule has 0 spiro atoms. The Morgan fingerprint density at radius 1 is 1.53 bits per heavy atom. The first-order valence-electron chi connectivity index (χ1n) is 6.19. The van der Waals surface area contributed by atoms with Crippen molar-refractivity contribution in [1.29, 1.82) is 0 Å². The monoisotopic (exact) mass is 283 g/mol. The number of benzene rings is 1. The van der Waals surface area contributed by atoms with Crippen LogP contribution >= 0.6 is 11.8 Å².